The van der Waals surface area contributed by atoms with Crippen LogP contribution in [0.5, 0.6) is 0 Å². The molecule has 0 bridgehead atoms. The zero-order chi connectivity index (χ0) is 12.5. The Hall–Kier alpha value is -0.260. The molecule has 4 nitrogen and oxygen atoms in total. The predicted molar refractivity (Wildman–Crippen MR) is 66.4 cm³/mol. The van der Waals surface area contributed by atoms with Crippen LogP contribution >= 0.6 is 11.8 Å². The normalized spacial score (nSPS) is 34.1. The van der Waals surface area contributed by atoms with Crippen molar-refractivity contribution in [3.05, 3.63) is 0 Å². The fourth-order valence-corrected chi connectivity index (χ4v) is 3.95. The first kappa shape index (κ1) is 13.2. The van der Waals surface area contributed by atoms with Gasteiger partial charge in [-0.15, -0.1) is 11.8 Å². The second-order valence-electron chi connectivity index (χ2n) is 5.38. The second-order valence-corrected chi connectivity index (χ2v) is 7.31. The van der Waals surface area contributed by atoms with E-state index in [1.54, 1.807) is 25.6 Å². The molecule has 0 saturated carbocycles. The number of carbonyl (C=O) groups is 1. The van der Waals surface area contributed by atoms with E-state index in [2.05, 4.69) is 0 Å². The van der Waals surface area contributed by atoms with Crippen LogP contribution in [0, 0.1) is 0 Å². The van der Waals surface area contributed by atoms with Gasteiger partial charge < -0.3 is 14.6 Å². The third-order valence-electron chi connectivity index (χ3n) is 3.49. The maximum absolute atomic E-state index is 11.1. The summed E-state index contributed by atoms with van der Waals surface area (Å²) in [6.07, 6.45) is 2.79. The molecule has 0 aliphatic carbocycles. The summed E-state index contributed by atoms with van der Waals surface area (Å²) in [7, 11) is 0. The van der Waals surface area contributed by atoms with Crippen LogP contribution in [0.25, 0.3) is 0 Å². The third kappa shape index (κ3) is 2.95. The van der Waals surface area contributed by atoms with Crippen molar-refractivity contribution in [1.29, 1.82) is 0 Å². The molecule has 0 aromatic heterocycles. The second kappa shape index (κ2) is 4.78. The highest BCUT2D eigenvalue weighted by atomic mass is 32.2. The maximum atomic E-state index is 11.1. The Morgan fingerprint density at radius 1 is 1.47 bits per heavy atom. The first-order valence-electron chi connectivity index (χ1n) is 6.06. The average molecular weight is 260 g/mol. The quantitative estimate of drug-likeness (QED) is 0.840. The van der Waals surface area contributed by atoms with Gasteiger partial charge in [0.2, 0.25) is 0 Å². The number of aliphatic carboxylic acids is 1. The Bertz CT molecular complexity index is 297. The van der Waals surface area contributed by atoms with Gasteiger partial charge in [-0.2, -0.15) is 0 Å². The molecule has 0 aromatic carbocycles. The zero-order valence-corrected chi connectivity index (χ0v) is 11.2. The number of carboxylic acid groups (broad SMARTS) is 1. The van der Waals surface area contributed by atoms with E-state index < -0.39 is 10.7 Å². The molecular formula is C12H20O4S. The van der Waals surface area contributed by atoms with E-state index in [9.17, 15) is 4.79 Å². The summed E-state index contributed by atoms with van der Waals surface area (Å²) >= 11 is 1.56. The van der Waals surface area contributed by atoms with Crippen LogP contribution < -0.4 is 0 Å². The van der Waals surface area contributed by atoms with Crippen molar-refractivity contribution < 1.29 is 19.4 Å². The van der Waals surface area contributed by atoms with E-state index in [1.165, 1.54) is 0 Å². The smallest absolute Gasteiger partial charge is 0.319 e. The molecule has 2 unspecified atom stereocenters. The Morgan fingerprint density at radius 3 is 2.82 bits per heavy atom. The number of hydrogen-bond acceptors (Lipinski definition) is 4. The topological polar surface area (TPSA) is 55.8 Å². The van der Waals surface area contributed by atoms with Gasteiger partial charge in [-0.05, 0) is 26.7 Å². The molecule has 2 atom stereocenters. The molecule has 0 radical (unpaired) electrons. The summed E-state index contributed by atoms with van der Waals surface area (Å²) < 4.78 is 10.5. The number of rotatable bonds is 3. The van der Waals surface area contributed by atoms with Crippen molar-refractivity contribution in [2.75, 3.05) is 19.8 Å². The minimum atomic E-state index is -0.745. The average Bonchev–Trinajstić information content (AvgIpc) is 2.65. The van der Waals surface area contributed by atoms with E-state index in [4.69, 9.17) is 14.6 Å². The van der Waals surface area contributed by atoms with Gasteiger partial charge in [-0.25, -0.2) is 0 Å². The molecule has 1 N–H and O–H groups in total. The molecule has 2 aliphatic rings. The van der Waals surface area contributed by atoms with E-state index in [-0.39, 0.29) is 5.60 Å². The summed E-state index contributed by atoms with van der Waals surface area (Å²) in [6, 6.07) is 0. The van der Waals surface area contributed by atoms with Crippen LogP contribution in [-0.2, 0) is 14.3 Å². The third-order valence-corrected chi connectivity index (χ3v) is 4.99. The highest BCUT2D eigenvalue weighted by Crippen LogP contribution is 2.41. The summed E-state index contributed by atoms with van der Waals surface area (Å²) in [4.78, 5) is 11.1. The monoisotopic (exact) mass is 260 g/mol. The molecule has 2 rings (SSSR count). The van der Waals surface area contributed by atoms with Crippen LogP contribution in [-0.4, -0.2) is 46.5 Å². The molecule has 2 fully saturated rings. The van der Waals surface area contributed by atoms with Gasteiger partial charge in [0, 0.05) is 24.9 Å². The van der Waals surface area contributed by atoms with Crippen LogP contribution in [0.3, 0.4) is 0 Å². The van der Waals surface area contributed by atoms with Gasteiger partial charge in [-0.1, -0.05) is 0 Å². The van der Waals surface area contributed by atoms with Crippen molar-refractivity contribution in [2.45, 2.75) is 48.7 Å². The van der Waals surface area contributed by atoms with Crippen molar-refractivity contribution in [1.82, 2.24) is 0 Å². The molecule has 5 heteroatoms. The van der Waals surface area contributed by atoms with Crippen molar-refractivity contribution in [3.63, 3.8) is 0 Å². The number of thioether (sulfide) groups is 1. The van der Waals surface area contributed by atoms with Crippen LogP contribution in [0.15, 0.2) is 0 Å². The van der Waals surface area contributed by atoms with Crippen molar-refractivity contribution in [2.24, 2.45) is 0 Å². The summed E-state index contributed by atoms with van der Waals surface area (Å²) in [5.74, 6) is -0.745. The molecule has 2 saturated heterocycles. The van der Waals surface area contributed by atoms with Gasteiger partial charge >= 0.3 is 5.97 Å². The lowest BCUT2D eigenvalue weighted by molar-refractivity contribution is -0.139. The van der Waals surface area contributed by atoms with Crippen molar-refractivity contribution in [3.8, 4) is 0 Å². The van der Waals surface area contributed by atoms with Crippen LogP contribution in [0.4, 0.5) is 0 Å². The Morgan fingerprint density at radius 2 is 2.24 bits per heavy atom. The van der Waals surface area contributed by atoms with Crippen molar-refractivity contribution >= 4 is 17.7 Å². The van der Waals surface area contributed by atoms with Gasteiger partial charge in [0.15, 0.2) is 0 Å². The molecule has 1 spiro atoms. The Labute approximate surface area is 106 Å². The van der Waals surface area contributed by atoms with E-state index in [1.807, 2.05) is 0 Å². The highest BCUT2D eigenvalue weighted by molar-refractivity contribution is 8.01. The lowest BCUT2D eigenvalue weighted by atomic mass is 9.93. The fourth-order valence-electron chi connectivity index (χ4n) is 2.41. The largest absolute Gasteiger partial charge is 0.480 e. The minimum absolute atomic E-state index is 0.134. The lowest BCUT2D eigenvalue weighted by Crippen LogP contribution is -2.43. The van der Waals surface area contributed by atoms with E-state index >= 15 is 0 Å². The molecular weight excluding hydrogens is 240 g/mol. The van der Waals surface area contributed by atoms with Crippen LogP contribution in [0.2, 0.25) is 0 Å². The predicted octanol–water partition coefficient (Wildman–Crippen LogP) is 1.92. The summed E-state index contributed by atoms with van der Waals surface area (Å²) in [5.41, 5.74) is -0.134. The summed E-state index contributed by atoms with van der Waals surface area (Å²) in [6.45, 7) is 5.69. The minimum Gasteiger partial charge on any atom is -0.480 e. The zero-order valence-electron chi connectivity index (χ0n) is 10.4. The molecule has 0 aromatic rings. The Kier molecular flexibility index (Phi) is 3.71. The first-order valence-corrected chi connectivity index (χ1v) is 6.94. The number of hydrogen-bond donors (Lipinski definition) is 1. The molecule has 0 amide bonds. The maximum Gasteiger partial charge on any atom is 0.319 e. The number of ether oxygens (including phenoxy) is 2. The standard InChI is InChI=1S/C12H20O4S/c1-11(2,10(13)14)17-9-3-5-16-12(7-9)4-6-15-8-12/h9H,3-8H2,1-2H3,(H,13,14). The van der Waals surface area contributed by atoms with Crippen LogP contribution in [0.1, 0.15) is 33.1 Å². The lowest BCUT2D eigenvalue weighted by Gasteiger charge is -2.38. The Balaban J connectivity index is 1.96. The molecule has 98 valence electrons. The molecule has 2 aliphatic heterocycles. The summed E-state index contributed by atoms with van der Waals surface area (Å²) in [5, 5.41) is 9.51. The van der Waals surface area contributed by atoms with E-state index in [0.717, 1.165) is 32.5 Å². The van der Waals surface area contributed by atoms with Gasteiger partial charge in [-0.3, -0.25) is 4.79 Å². The van der Waals surface area contributed by atoms with Gasteiger partial charge in [0.1, 0.15) is 4.75 Å². The van der Waals surface area contributed by atoms with Gasteiger partial charge in [0.05, 0.1) is 12.2 Å². The molecule has 2 heterocycles. The first-order chi connectivity index (χ1) is 7.94. The molecule has 17 heavy (non-hydrogen) atoms. The van der Waals surface area contributed by atoms with E-state index in [0.29, 0.717) is 11.9 Å². The highest BCUT2D eigenvalue weighted by Gasteiger charge is 2.43. The fraction of sp³-hybridized carbons (Fsp3) is 0.917. The SMILES string of the molecule is CC(C)(SC1CCOC2(CCOC2)C1)C(=O)O. The van der Waals surface area contributed by atoms with Gasteiger partial charge in [0.25, 0.3) is 0 Å². The number of carboxylic acids is 1.